The van der Waals surface area contributed by atoms with Gasteiger partial charge in [-0.2, -0.15) is 0 Å². The van der Waals surface area contributed by atoms with E-state index in [1.165, 1.54) is 0 Å². The Kier molecular flexibility index (Phi) is 8.82. The average Bonchev–Trinajstić information content (AvgIpc) is 2.82. The highest BCUT2D eigenvalue weighted by Crippen LogP contribution is 2.21. The molecule has 0 unspecified atom stereocenters. The lowest BCUT2D eigenvalue weighted by molar-refractivity contribution is -0.131. The predicted molar refractivity (Wildman–Crippen MR) is 133 cm³/mol. The molecule has 7 nitrogen and oxygen atoms in total. The summed E-state index contributed by atoms with van der Waals surface area (Å²) in [4.78, 5) is 38.0. The smallest absolute Gasteiger partial charge is 0.332 e. The second-order valence-corrected chi connectivity index (χ2v) is 9.92. The molecule has 1 aliphatic heterocycles. The number of piperidine rings is 1. The van der Waals surface area contributed by atoms with Crippen LogP contribution in [-0.4, -0.2) is 52.9 Å². The van der Waals surface area contributed by atoms with Gasteiger partial charge in [0.25, 0.3) is 0 Å². The van der Waals surface area contributed by atoms with Crippen molar-refractivity contribution in [3.05, 3.63) is 71.8 Å². The Balaban J connectivity index is 1.75. The van der Waals surface area contributed by atoms with Gasteiger partial charge in [-0.15, -0.1) is 0 Å². The molecule has 1 aliphatic rings. The van der Waals surface area contributed by atoms with Crippen LogP contribution in [0.3, 0.4) is 0 Å². The molecule has 182 valence electrons. The van der Waals surface area contributed by atoms with Crippen molar-refractivity contribution in [3.63, 3.8) is 0 Å². The average molecular weight is 465 g/mol. The lowest BCUT2D eigenvalue weighted by Crippen LogP contribution is -2.57. The van der Waals surface area contributed by atoms with E-state index < -0.39 is 6.04 Å². The van der Waals surface area contributed by atoms with Crippen molar-refractivity contribution in [1.82, 2.24) is 20.7 Å². The number of aldehydes is 1. The van der Waals surface area contributed by atoms with E-state index in [4.69, 9.17) is 0 Å². The van der Waals surface area contributed by atoms with Crippen molar-refractivity contribution >= 4 is 18.2 Å². The van der Waals surface area contributed by atoms with Gasteiger partial charge >= 0.3 is 6.03 Å². The molecule has 2 N–H and O–H groups in total. The first-order valence-electron chi connectivity index (χ1n) is 11.9. The summed E-state index contributed by atoms with van der Waals surface area (Å²) in [5.74, 6) is -0.197. The van der Waals surface area contributed by atoms with E-state index in [1.807, 2.05) is 86.4 Å². The standard InChI is InChI=1S/C27H36N4O3/c1-27(2,3)29-25(33)23-15-10-16-30(19-23)31(18-22-13-8-5-9-14-22)26(34)28-24(20-32)17-21-11-6-4-7-12-21/h4-9,11-14,20,23-24H,10,15-19H2,1-3H3,(H,28,34)(H,29,33)/t23-,24+/m1/s1. The molecule has 0 saturated carbocycles. The Morgan fingerprint density at radius 1 is 1.06 bits per heavy atom. The van der Waals surface area contributed by atoms with Crippen molar-refractivity contribution in [1.29, 1.82) is 0 Å². The molecule has 7 heteroatoms. The molecule has 1 fully saturated rings. The van der Waals surface area contributed by atoms with Crippen LogP contribution in [-0.2, 0) is 22.6 Å². The minimum atomic E-state index is -0.641. The Labute approximate surface area is 202 Å². The van der Waals surface area contributed by atoms with Crippen molar-refractivity contribution < 1.29 is 14.4 Å². The normalized spacial score (nSPS) is 17.4. The molecule has 3 amide bonds. The third kappa shape index (κ3) is 7.70. The van der Waals surface area contributed by atoms with Gasteiger partial charge in [-0.3, -0.25) is 9.80 Å². The molecule has 3 rings (SSSR count). The van der Waals surface area contributed by atoms with Gasteiger partial charge in [0.05, 0.1) is 18.5 Å². The summed E-state index contributed by atoms with van der Waals surface area (Å²) >= 11 is 0. The van der Waals surface area contributed by atoms with Gasteiger partial charge in [-0.25, -0.2) is 9.80 Å². The number of hydrogen-bond acceptors (Lipinski definition) is 4. The minimum absolute atomic E-state index is 0.00659. The molecule has 2 aromatic carbocycles. The van der Waals surface area contributed by atoms with Gasteiger partial charge in [0.1, 0.15) is 6.29 Å². The Morgan fingerprint density at radius 3 is 2.26 bits per heavy atom. The number of urea groups is 1. The largest absolute Gasteiger partial charge is 0.351 e. The molecular formula is C27H36N4O3. The van der Waals surface area contributed by atoms with Crippen LogP contribution >= 0.6 is 0 Å². The first kappa shape index (κ1) is 25.4. The maximum absolute atomic E-state index is 13.4. The van der Waals surface area contributed by atoms with Gasteiger partial charge < -0.3 is 15.4 Å². The molecule has 0 radical (unpaired) electrons. The number of hydrazine groups is 1. The molecule has 0 aromatic heterocycles. The molecule has 0 spiro atoms. The van der Waals surface area contributed by atoms with E-state index in [0.717, 1.165) is 30.3 Å². The number of benzene rings is 2. The maximum atomic E-state index is 13.4. The van der Waals surface area contributed by atoms with Crippen molar-refractivity contribution in [2.75, 3.05) is 13.1 Å². The number of amides is 3. The first-order chi connectivity index (χ1) is 16.2. The zero-order valence-electron chi connectivity index (χ0n) is 20.4. The summed E-state index contributed by atoms with van der Waals surface area (Å²) in [6.07, 6.45) is 2.79. The number of nitrogens with zero attached hydrogens (tertiary/aromatic N) is 2. The van der Waals surface area contributed by atoms with E-state index in [2.05, 4.69) is 10.6 Å². The lowest BCUT2D eigenvalue weighted by atomic mass is 9.96. The minimum Gasteiger partial charge on any atom is -0.351 e. The van der Waals surface area contributed by atoms with Crippen LogP contribution in [0.2, 0.25) is 0 Å². The number of carbonyl (C=O) groups is 3. The highest BCUT2D eigenvalue weighted by molar-refractivity contribution is 5.80. The highest BCUT2D eigenvalue weighted by atomic mass is 16.2. The number of hydrogen-bond donors (Lipinski definition) is 2. The molecule has 1 heterocycles. The summed E-state index contributed by atoms with van der Waals surface area (Å²) < 4.78 is 0. The van der Waals surface area contributed by atoms with Crippen LogP contribution in [0.5, 0.6) is 0 Å². The summed E-state index contributed by atoms with van der Waals surface area (Å²) in [7, 11) is 0. The second-order valence-electron chi connectivity index (χ2n) is 9.92. The van der Waals surface area contributed by atoms with E-state index in [9.17, 15) is 14.4 Å². The first-order valence-corrected chi connectivity index (χ1v) is 11.9. The monoisotopic (exact) mass is 464 g/mol. The molecule has 34 heavy (non-hydrogen) atoms. The van der Waals surface area contributed by atoms with E-state index in [0.29, 0.717) is 26.1 Å². The summed E-state index contributed by atoms with van der Waals surface area (Å²) in [6.45, 7) is 7.38. The highest BCUT2D eigenvalue weighted by Gasteiger charge is 2.33. The van der Waals surface area contributed by atoms with Crippen molar-refractivity contribution in [3.8, 4) is 0 Å². The zero-order valence-corrected chi connectivity index (χ0v) is 20.4. The quantitative estimate of drug-likeness (QED) is 0.586. The fourth-order valence-electron chi connectivity index (χ4n) is 4.15. The van der Waals surface area contributed by atoms with E-state index >= 15 is 0 Å². The lowest BCUT2D eigenvalue weighted by Gasteiger charge is -2.40. The predicted octanol–water partition coefficient (Wildman–Crippen LogP) is 3.55. The van der Waals surface area contributed by atoms with Crippen molar-refractivity contribution in [2.45, 2.75) is 58.2 Å². The number of rotatable bonds is 8. The second kappa shape index (κ2) is 11.8. The Bertz CT molecular complexity index is 943. The van der Waals surface area contributed by atoms with Crippen molar-refractivity contribution in [2.24, 2.45) is 5.92 Å². The topological polar surface area (TPSA) is 81.8 Å². The summed E-state index contributed by atoms with van der Waals surface area (Å²) in [6, 6.07) is 18.4. The van der Waals surface area contributed by atoms with Crippen LogP contribution in [0.1, 0.15) is 44.7 Å². The van der Waals surface area contributed by atoms with Crippen LogP contribution in [0, 0.1) is 5.92 Å². The molecule has 2 atom stereocenters. The van der Waals surface area contributed by atoms with Gasteiger partial charge in [0, 0.05) is 18.6 Å². The number of nitrogens with one attached hydrogen (secondary N) is 2. The van der Waals surface area contributed by atoms with Gasteiger partial charge in [-0.1, -0.05) is 60.7 Å². The molecule has 1 saturated heterocycles. The molecule has 0 bridgehead atoms. The van der Waals surface area contributed by atoms with Gasteiger partial charge in [0.2, 0.25) is 5.91 Å². The molecule has 2 aromatic rings. The van der Waals surface area contributed by atoms with Gasteiger partial charge in [-0.05, 0) is 51.2 Å². The van der Waals surface area contributed by atoms with Crippen LogP contribution in [0.4, 0.5) is 4.79 Å². The SMILES string of the molecule is CC(C)(C)NC(=O)[C@@H]1CCCN(N(Cc2ccccc2)C(=O)N[C@H](C=O)Cc2ccccc2)C1. The van der Waals surface area contributed by atoms with Gasteiger partial charge in [0.15, 0.2) is 0 Å². The fourth-order valence-corrected chi connectivity index (χ4v) is 4.15. The Morgan fingerprint density at radius 2 is 1.68 bits per heavy atom. The van der Waals surface area contributed by atoms with Crippen LogP contribution in [0.25, 0.3) is 0 Å². The van der Waals surface area contributed by atoms with Crippen LogP contribution in [0.15, 0.2) is 60.7 Å². The third-order valence-electron chi connectivity index (χ3n) is 5.79. The van der Waals surface area contributed by atoms with E-state index in [-0.39, 0.29) is 23.4 Å². The Hall–Kier alpha value is -3.19. The number of carbonyl (C=O) groups excluding carboxylic acids is 3. The van der Waals surface area contributed by atoms with E-state index in [1.54, 1.807) is 5.01 Å². The maximum Gasteiger partial charge on any atom is 0.332 e. The fraction of sp³-hybridized carbons (Fsp3) is 0.444. The zero-order chi connectivity index (χ0) is 24.6. The van der Waals surface area contributed by atoms with Crippen LogP contribution < -0.4 is 10.6 Å². The summed E-state index contributed by atoms with van der Waals surface area (Å²) in [5.41, 5.74) is 1.64. The summed E-state index contributed by atoms with van der Waals surface area (Å²) in [5, 5.41) is 9.55. The molecule has 0 aliphatic carbocycles. The molecular weight excluding hydrogens is 428 g/mol. The third-order valence-corrected chi connectivity index (χ3v) is 5.79.